The third-order valence-corrected chi connectivity index (χ3v) is 3.67. The lowest BCUT2D eigenvalue weighted by Crippen LogP contribution is -2.41. The monoisotopic (exact) mass is 394 g/mol. The van der Waals surface area contributed by atoms with Crippen molar-refractivity contribution < 1.29 is 13.6 Å². The molecule has 5 nitrogen and oxygen atoms in total. The van der Waals surface area contributed by atoms with Crippen LogP contribution in [0.4, 0.5) is 8.78 Å². The Morgan fingerprint density at radius 1 is 1.32 bits per heavy atom. The van der Waals surface area contributed by atoms with Crippen LogP contribution in [0.5, 0.6) is 0 Å². The van der Waals surface area contributed by atoms with Gasteiger partial charge in [-0.05, 0) is 32.0 Å². The zero-order valence-corrected chi connectivity index (χ0v) is 15.6. The summed E-state index contributed by atoms with van der Waals surface area (Å²) in [6.07, 6.45) is 1.70. The molecule has 0 aliphatic heterocycles. The highest BCUT2D eigenvalue weighted by Gasteiger charge is 2.28. The number of alkyl halides is 2. The maximum atomic E-state index is 13.1. The molecule has 0 aliphatic rings. The second-order valence-corrected chi connectivity index (χ2v) is 5.43. The standard InChI is InChI=1S/C16H20F2N4O.2ClH/c1-11-7-14(15(23)21-10-16(17,18)9-19)12(2)22(11)8-13-5-3-4-6-20-13;;/h3-7H,8-10,19H2,1-2H3,(H,21,23);2*1H. The van der Waals surface area contributed by atoms with Crippen LogP contribution in [-0.2, 0) is 6.54 Å². The molecule has 0 bridgehead atoms. The van der Waals surface area contributed by atoms with Crippen LogP contribution in [-0.4, -0.2) is 34.5 Å². The summed E-state index contributed by atoms with van der Waals surface area (Å²) in [6.45, 7) is 2.59. The number of aromatic nitrogens is 2. The van der Waals surface area contributed by atoms with Gasteiger partial charge < -0.3 is 15.6 Å². The normalized spacial score (nSPS) is 10.6. The molecule has 9 heteroatoms. The first-order valence-electron chi connectivity index (χ1n) is 7.27. The lowest BCUT2D eigenvalue weighted by molar-refractivity contribution is 0.0118. The van der Waals surface area contributed by atoms with Crippen molar-refractivity contribution in [1.82, 2.24) is 14.9 Å². The predicted molar refractivity (Wildman–Crippen MR) is 98.1 cm³/mol. The maximum absolute atomic E-state index is 13.1. The number of hydrogen-bond acceptors (Lipinski definition) is 3. The third kappa shape index (κ3) is 5.95. The fraction of sp³-hybridized carbons (Fsp3) is 0.375. The van der Waals surface area contributed by atoms with Crippen LogP contribution in [0, 0.1) is 13.8 Å². The van der Waals surface area contributed by atoms with E-state index in [2.05, 4.69) is 10.3 Å². The van der Waals surface area contributed by atoms with Gasteiger partial charge in [0.1, 0.15) is 0 Å². The average Bonchev–Trinajstić information content (AvgIpc) is 2.82. The minimum absolute atomic E-state index is 0. The highest BCUT2D eigenvalue weighted by Crippen LogP contribution is 2.17. The number of nitrogens with one attached hydrogen (secondary N) is 1. The molecule has 1 amide bonds. The number of pyridine rings is 1. The minimum atomic E-state index is -3.10. The van der Waals surface area contributed by atoms with E-state index in [0.29, 0.717) is 17.8 Å². The summed E-state index contributed by atoms with van der Waals surface area (Å²) in [6, 6.07) is 7.29. The molecule has 0 unspecified atom stereocenters. The summed E-state index contributed by atoms with van der Waals surface area (Å²) < 4.78 is 28.2. The van der Waals surface area contributed by atoms with E-state index in [9.17, 15) is 13.6 Å². The van der Waals surface area contributed by atoms with Gasteiger partial charge in [0, 0.05) is 17.6 Å². The number of carbonyl (C=O) groups is 1. The van der Waals surface area contributed by atoms with E-state index < -0.39 is 24.9 Å². The molecule has 0 saturated carbocycles. The molecular formula is C16H22Cl2F2N4O. The molecule has 140 valence electrons. The molecule has 25 heavy (non-hydrogen) atoms. The molecule has 0 spiro atoms. The number of nitrogens with zero attached hydrogens (tertiary/aromatic N) is 2. The summed E-state index contributed by atoms with van der Waals surface area (Å²) in [5.74, 6) is -3.63. The van der Waals surface area contributed by atoms with Crippen molar-refractivity contribution in [3.63, 3.8) is 0 Å². The quantitative estimate of drug-likeness (QED) is 0.790. The first-order valence-corrected chi connectivity index (χ1v) is 7.27. The van der Waals surface area contributed by atoms with Crippen LogP contribution in [0.3, 0.4) is 0 Å². The predicted octanol–water partition coefficient (Wildman–Crippen LogP) is 2.72. The Balaban J connectivity index is 0.00000288. The summed E-state index contributed by atoms with van der Waals surface area (Å²) >= 11 is 0. The van der Waals surface area contributed by atoms with E-state index in [4.69, 9.17) is 5.73 Å². The zero-order valence-electron chi connectivity index (χ0n) is 14.0. The van der Waals surface area contributed by atoms with Gasteiger partial charge in [0.05, 0.1) is 30.9 Å². The van der Waals surface area contributed by atoms with E-state index in [1.54, 1.807) is 19.2 Å². The van der Waals surface area contributed by atoms with E-state index in [-0.39, 0.29) is 24.8 Å². The molecule has 3 N–H and O–H groups in total. The Hall–Kier alpha value is -1.70. The molecule has 0 aliphatic carbocycles. The number of amides is 1. The number of halogens is 4. The van der Waals surface area contributed by atoms with Gasteiger partial charge in [-0.3, -0.25) is 9.78 Å². The summed E-state index contributed by atoms with van der Waals surface area (Å²) in [7, 11) is 0. The second kappa shape index (κ2) is 9.70. The highest BCUT2D eigenvalue weighted by atomic mass is 35.5. The van der Waals surface area contributed by atoms with E-state index in [1.807, 2.05) is 29.7 Å². The summed E-state index contributed by atoms with van der Waals surface area (Å²) in [5.41, 5.74) is 7.78. The molecular weight excluding hydrogens is 373 g/mol. The highest BCUT2D eigenvalue weighted by molar-refractivity contribution is 5.95. The third-order valence-electron chi connectivity index (χ3n) is 3.67. The Bertz CT molecular complexity index is 693. The Kier molecular flexibility index (Phi) is 9.04. The molecule has 0 fully saturated rings. The maximum Gasteiger partial charge on any atom is 0.277 e. The van der Waals surface area contributed by atoms with Gasteiger partial charge in [-0.15, -0.1) is 24.8 Å². The van der Waals surface area contributed by atoms with Crippen LogP contribution in [0.1, 0.15) is 27.4 Å². The van der Waals surface area contributed by atoms with Gasteiger partial charge in [0.2, 0.25) is 0 Å². The molecule has 2 rings (SSSR count). The van der Waals surface area contributed by atoms with Crippen molar-refractivity contribution in [3.05, 3.63) is 53.1 Å². The van der Waals surface area contributed by atoms with E-state index in [0.717, 1.165) is 11.4 Å². The fourth-order valence-electron chi connectivity index (χ4n) is 2.30. The smallest absolute Gasteiger partial charge is 0.277 e. The van der Waals surface area contributed by atoms with Crippen LogP contribution in [0.15, 0.2) is 30.5 Å². The molecule has 0 radical (unpaired) electrons. The number of aryl methyl sites for hydroxylation is 1. The molecule has 0 atom stereocenters. The van der Waals surface area contributed by atoms with Gasteiger partial charge in [0.25, 0.3) is 11.8 Å². The average molecular weight is 395 g/mol. The number of nitrogens with two attached hydrogens (primary N) is 1. The van der Waals surface area contributed by atoms with Gasteiger partial charge in [-0.1, -0.05) is 6.07 Å². The molecule has 2 aromatic rings. The Labute approximate surface area is 157 Å². The summed E-state index contributed by atoms with van der Waals surface area (Å²) in [5, 5.41) is 2.24. The fourth-order valence-corrected chi connectivity index (χ4v) is 2.30. The van der Waals surface area contributed by atoms with Crippen molar-refractivity contribution in [1.29, 1.82) is 0 Å². The Morgan fingerprint density at radius 3 is 2.56 bits per heavy atom. The molecule has 0 aromatic carbocycles. The van der Waals surface area contributed by atoms with Crippen LogP contribution < -0.4 is 11.1 Å². The number of hydrogen-bond donors (Lipinski definition) is 2. The van der Waals surface area contributed by atoms with E-state index in [1.165, 1.54) is 0 Å². The van der Waals surface area contributed by atoms with Crippen molar-refractivity contribution in [3.8, 4) is 0 Å². The van der Waals surface area contributed by atoms with Crippen molar-refractivity contribution in [2.24, 2.45) is 5.73 Å². The lowest BCUT2D eigenvalue weighted by atomic mass is 10.2. The van der Waals surface area contributed by atoms with Gasteiger partial charge in [-0.2, -0.15) is 0 Å². The minimum Gasteiger partial charge on any atom is -0.346 e. The number of rotatable bonds is 6. The van der Waals surface area contributed by atoms with Gasteiger partial charge in [-0.25, -0.2) is 8.78 Å². The van der Waals surface area contributed by atoms with Crippen molar-refractivity contribution in [2.45, 2.75) is 26.3 Å². The SMILES string of the molecule is Cc1cc(C(=O)NCC(F)(F)CN)c(C)n1Cc1ccccn1.Cl.Cl. The Morgan fingerprint density at radius 2 is 2.00 bits per heavy atom. The van der Waals surface area contributed by atoms with Gasteiger partial charge >= 0.3 is 0 Å². The molecule has 2 heterocycles. The molecule has 0 saturated heterocycles. The van der Waals surface area contributed by atoms with Crippen molar-refractivity contribution in [2.75, 3.05) is 13.1 Å². The summed E-state index contributed by atoms with van der Waals surface area (Å²) in [4.78, 5) is 16.4. The largest absolute Gasteiger partial charge is 0.346 e. The first-order chi connectivity index (χ1) is 10.8. The van der Waals surface area contributed by atoms with Crippen LogP contribution in [0.25, 0.3) is 0 Å². The van der Waals surface area contributed by atoms with Gasteiger partial charge in [0.15, 0.2) is 0 Å². The van der Waals surface area contributed by atoms with E-state index >= 15 is 0 Å². The molecule has 2 aromatic heterocycles. The van der Waals surface area contributed by atoms with Crippen molar-refractivity contribution >= 4 is 30.7 Å². The lowest BCUT2D eigenvalue weighted by Gasteiger charge is -2.14. The van der Waals surface area contributed by atoms with Crippen LogP contribution in [0.2, 0.25) is 0 Å². The first kappa shape index (κ1) is 23.3. The zero-order chi connectivity index (χ0) is 17.0. The topological polar surface area (TPSA) is 72.9 Å². The number of carbonyl (C=O) groups excluding carboxylic acids is 1. The second-order valence-electron chi connectivity index (χ2n) is 5.43. The van der Waals surface area contributed by atoms with Crippen LogP contribution >= 0.6 is 24.8 Å².